The van der Waals surface area contributed by atoms with Gasteiger partial charge in [-0.05, 0) is 31.5 Å². The third kappa shape index (κ3) is 4.84. The number of amides is 2. The first-order chi connectivity index (χ1) is 11.0. The number of methoxy groups -OCH3 is 1. The van der Waals surface area contributed by atoms with Crippen LogP contribution < -0.4 is 15.4 Å². The summed E-state index contributed by atoms with van der Waals surface area (Å²) in [5.41, 5.74) is 0.836. The van der Waals surface area contributed by atoms with Crippen molar-refractivity contribution in [3.05, 3.63) is 41.7 Å². The lowest BCUT2D eigenvalue weighted by atomic mass is 10.1. The van der Waals surface area contributed by atoms with Gasteiger partial charge in [0.05, 0.1) is 13.5 Å². The Kier molecular flexibility index (Phi) is 5.35. The molecule has 2 amide bonds. The number of nitrogens with one attached hydrogen (secondary N) is 2. The van der Waals surface area contributed by atoms with Gasteiger partial charge in [0.15, 0.2) is 5.82 Å². The summed E-state index contributed by atoms with van der Waals surface area (Å²) < 4.78 is 9.92. The minimum atomic E-state index is -0.683. The number of carbonyl (C=O) groups is 2. The van der Waals surface area contributed by atoms with Gasteiger partial charge in [0.25, 0.3) is 0 Å². The minimum Gasteiger partial charge on any atom is -0.497 e. The Bertz CT molecular complexity index is 679. The third-order valence-corrected chi connectivity index (χ3v) is 3.17. The molecule has 2 aromatic rings. The van der Waals surface area contributed by atoms with Gasteiger partial charge >= 0.3 is 0 Å². The van der Waals surface area contributed by atoms with E-state index in [1.165, 1.54) is 0 Å². The first-order valence-electron chi connectivity index (χ1n) is 7.14. The highest BCUT2D eigenvalue weighted by Crippen LogP contribution is 2.12. The molecule has 0 radical (unpaired) electrons. The van der Waals surface area contributed by atoms with E-state index < -0.39 is 6.04 Å². The summed E-state index contributed by atoms with van der Waals surface area (Å²) in [5, 5.41) is 8.88. The van der Waals surface area contributed by atoms with Crippen LogP contribution in [0.2, 0.25) is 0 Å². The van der Waals surface area contributed by atoms with E-state index in [0.29, 0.717) is 11.6 Å². The van der Waals surface area contributed by atoms with Gasteiger partial charge < -0.3 is 19.9 Å². The summed E-state index contributed by atoms with van der Waals surface area (Å²) in [6.45, 7) is 3.33. The Balaban J connectivity index is 1.84. The molecule has 0 spiro atoms. The lowest BCUT2D eigenvalue weighted by Crippen LogP contribution is -2.42. The van der Waals surface area contributed by atoms with Gasteiger partial charge in [0.1, 0.15) is 17.6 Å². The highest BCUT2D eigenvalue weighted by molar-refractivity contribution is 5.96. The fourth-order valence-electron chi connectivity index (χ4n) is 1.95. The van der Waals surface area contributed by atoms with E-state index >= 15 is 0 Å². The smallest absolute Gasteiger partial charge is 0.247 e. The zero-order chi connectivity index (χ0) is 16.8. The average Bonchev–Trinajstić information content (AvgIpc) is 2.93. The van der Waals surface area contributed by atoms with Crippen LogP contribution in [0.1, 0.15) is 18.2 Å². The van der Waals surface area contributed by atoms with Crippen molar-refractivity contribution in [2.24, 2.45) is 0 Å². The van der Waals surface area contributed by atoms with Gasteiger partial charge in [0.2, 0.25) is 11.8 Å². The van der Waals surface area contributed by atoms with Gasteiger partial charge in [-0.25, -0.2) is 0 Å². The van der Waals surface area contributed by atoms with Crippen molar-refractivity contribution in [2.45, 2.75) is 26.3 Å². The Morgan fingerprint density at radius 1 is 1.30 bits per heavy atom. The molecule has 0 bridgehead atoms. The molecule has 1 atom stereocenters. The Morgan fingerprint density at radius 2 is 2.00 bits per heavy atom. The average molecular weight is 317 g/mol. The first-order valence-corrected chi connectivity index (χ1v) is 7.14. The number of nitrogens with zero attached hydrogens (tertiary/aromatic N) is 1. The highest BCUT2D eigenvalue weighted by Gasteiger charge is 2.17. The predicted molar refractivity (Wildman–Crippen MR) is 84.2 cm³/mol. The van der Waals surface area contributed by atoms with Crippen molar-refractivity contribution in [1.82, 2.24) is 10.5 Å². The van der Waals surface area contributed by atoms with E-state index in [0.717, 1.165) is 11.3 Å². The highest BCUT2D eigenvalue weighted by atomic mass is 16.5. The summed E-state index contributed by atoms with van der Waals surface area (Å²) in [7, 11) is 1.58. The second kappa shape index (κ2) is 7.44. The zero-order valence-corrected chi connectivity index (χ0v) is 13.3. The summed E-state index contributed by atoms with van der Waals surface area (Å²) in [4.78, 5) is 24.0. The maximum atomic E-state index is 12.0. The van der Waals surface area contributed by atoms with Crippen molar-refractivity contribution < 1.29 is 18.8 Å². The van der Waals surface area contributed by atoms with Crippen molar-refractivity contribution in [3.8, 4) is 5.75 Å². The fraction of sp³-hybridized carbons (Fsp3) is 0.312. The van der Waals surface area contributed by atoms with E-state index in [1.54, 1.807) is 51.3 Å². The Hall–Kier alpha value is -2.83. The number of ether oxygens (including phenoxy) is 1. The number of rotatable bonds is 6. The molecule has 0 aliphatic rings. The SMILES string of the molecule is COc1ccc(CC(=O)N[C@@H](C)C(=O)Nc2cc(C)on2)cc1. The molecular formula is C16H19N3O4. The number of benzene rings is 1. The molecule has 0 aliphatic heterocycles. The summed E-state index contributed by atoms with van der Waals surface area (Å²) in [6.07, 6.45) is 0.185. The molecule has 0 saturated heterocycles. The predicted octanol–water partition coefficient (Wildman–Crippen LogP) is 1.68. The van der Waals surface area contributed by atoms with E-state index in [4.69, 9.17) is 9.26 Å². The van der Waals surface area contributed by atoms with Crippen LogP contribution >= 0.6 is 0 Å². The Labute approximate surface area is 134 Å². The van der Waals surface area contributed by atoms with Crippen LogP contribution in [0.3, 0.4) is 0 Å². The number of hydrogen-bond donors (Lipinski definition) is 2. The number of aromatic nitrogens is 1. The molecular weight excluding hydrogens is 298 g/mol. The van der Waals surface area contributed by atoms with Crippen LogP contribution in [0.5, 0.6) is 5.75 Å². The second-order valence-electron chi connectivity index (χ2n) is 5.13. The molecule has 122 valence electrons. The molecule has 0 aliphatic carbocycles. The molecule has 7 nitrogen and oxygen atoms in total. The van der Waals surface area contributed by atoms with Crippen LogP contribution in [0.25, 0.3) is 0 Å². The van der Waals surface area contributed by atoms with E-state index in [9.17, 15) is 9.59 Å². The lowest BCUT2D eigenvalue weighted by molar-refractivity contribution is -0.125. The normalized spacial score (nSPS) is 11.6. The van der Waals surface area contributed by atoms with E-state index in [-0.39, 0.29) is 18.2 Å². The van der Waals surface area contributed by atoms with Crippen LogP contribution in [0, 0.1) is 6.92 Å². The van der Waals surface area contributed by atoms with Gasteiger partial charge in [-0.1, -0.05) is 17.3 Å². The number of anilines is 1. The molecule has 1 heterocycles. The van der Waals surface area contributed by atoms with Gasteiger partial charge in [0, 0.05) is 6.07 Å². The van der Waals surface area contributed by atoms with Crippen LogP contribution in [0.4, 0.5) is 5.82 Å². The second-order valence-corrected chi connectivity index (χ2v) is 5.13. The topological polar surface area (TPSA) is 93.5 Å². The molecule has 0 unspecified atom stereocenters. The van der Waals surface area contributed by atoms with Crippen LogP contribution in [-0.2, 0) is 16.0 Å². The molecule has 7 heteroatoms. The molecule has 2 N–H and O–H groups in total. The molecule has 0 fully saturated rings. The maximum absolute atomic E-state index is 12.0. The first kappa shape index (κ1) is 16.5. The molecule has 2 rings (SSSR count). The molecule has 0 saturated carbocycles. The fourth-order valence-corrected chi connectivity index (χ4v) is 1.95. The minimum absolute atomic E-state index is 0.185. The standard InChI is InChI=1S/C16H19N3O4/c1-10-8-14(19-23-10)18-16(21)11(2)17-15(20)9-12-4-6-13(22-3)7-5-12/h4-8,11H,9H2,1-3H3,(H,17,20)(H,18,19,21)/t11-/m0/s1. The quantitative estimate of drug-likeness (QED) is 0.845. The van der Waals surface area contributed by atoms with Gasteiger partial charge in [-0.15, -0.1) is 0 Å². The van der Waals surface area contributed by atoms with Crippen molar-refractivity contribution in [3.63, 3.8) is 0 Å². The van der Waals surface area contributed by atoms with Crippen LogP contribution in [0.15, 0.2) is 34.9 Å². The van der Waals surface area contributed by atoms with Crippen molar-refractivity contribution >= 4 is 17.6 Å². The summed E-state index contributed by atoms with van der Waals surface area (Å²) in [6, 6.07) is 8.10. The monoisotopic (exact) mass is 317 g/mol. The van der Waals surface area contributed by atoms with E-state index in [1.807, 2.05) is 0 Å². The summed E-state index contributed by atoms with van der Waals surface area (Å²) >= 11 is 0. The third-order valence-electron chi connectivity index (χ3n) is 3.17. The summed E-state index contributed by atoms with van der Waals surface area (Å²) in [5.74, 6) is 1.04. The molecule has 1 aromatic heterocycles. The molecule has 1 aromatic carbocycles. The van der Waals surface area contributed by atoms with Crippen LogP contribution in [-0.4, -0.2) is 30.1 Å². The van der Waals surface area contributed by atoms with Crippen molar-refractivity contribution in [2.75, 3.05) is 12.4 Å². The number of hydrogen-bond acceptors (Lipinski definition) is 5. The maximum Gasteiger partial charge on any atom is 0.247 e. The van der Waals surface area contributed by atoms with E-state index in [2.05, 4.69) is 15.8 Å². The van der Waals surface area contributed by atoms with Gasteiger partial charge in [-0.2, -0.15) is 0 Å². The zero-order valence-electron chi connectivity index (χ0n) is 13.3. The van der Waals surface area contributed by atoms with Crippen molar-refractivity contribution in [1.29, 1.82) is 0 Å². The number of carbonyl (C=O) groups excluding carboxylic acids is 2. The van der Waals surface area contributed by atoms with Gasteiger partial charge in [-0.3, -0.25) is 9.59 Å². The molecule has 23 heavy (non-hydrogen) atoms. The Morgan fingerprint density at radius 3 is 2.57 bits per heavy atom. The largest absolute Gasteiger partial charge is 0.497 e. The number of aryl methyl sites for hydroxylation is 1. The lowest BCUT2D eigenvalue weighted by Gasteiger charge is -2.13.